The number of ether oxygens (including phenoxy) is 2. The van der Waals surface area contributed by atoms with Crippen LogP contribution in [0.5, 0.6) is 0 Å². The summed E-state index contributed by atoms with van der Waals surface area (Å²) in [5.41, 5.74) is 7.05. The second-order valence-electron chi connectivity index (χ2n) is 4.68. The predicted molar refractivity (Wildman–Crippen MR) is 68.2 cm³/mol. The van der Waals surface area contributed by atoms with Crippen LogP contribution in [0.25, 0.3) is 0 Å². The highest BCUT2D eigenvalue weighted by Gasteiger charge is 2.37. The lowest BCUT2D eigenvalue weighted by Crippen LogP contribution is -2.34. The lowest BCUT2D eigenvalue weighted by atomic mass is 10.2. The number of nitrogens with zero attached hydrogens (tertiary/aromatic N) is 3. The maximum atomic E-state index is 5.92. The molecule has 0 saturated carbocycles. The van der Waals surface area contributed by atoms with Gasteiger partial charge < -0.3 is 19.8 Å². The van der Waals surface area contributed by atoms with Gasteiger partial charge in [-0.3, -0.25) is 4.90 Å². The van der Waals surface area contributed by atoms with Gasteiger partial charge in [-0.05, 0) is 0 Å². The van der Waals surface area contributed by atoms with Crippen LogP contribution in [0.15, 0.2) is 12.5 Å². The summed E-state index contributed by atoms with van der Waals surface area (Å²) in [6.07, 6.45) is 3.89. The number of hydrogen-bond donors (Lipinski definition) is 1. The van der Waals surface area contributed by atoms with E-state index in [0.29, 0.717) is 6.54 Å². The third kappa shape index (κ3) is 2.42. The minimum atomic E-state index is 0.109. The third-order valence-electron chi connectivity index (χ3n) is 3.71. The first-order valence-corrected chi connectivity index (χ1v) is 6.17. The molecule has 1 aromatic heterocycles. The standard InChI is InChI=1S/C12H22N4O2/c1-15-8-14-5-10(15)9(4-13)16-6-11(17-2)12(7-16)18-3/h5,8-9,11-12H,4,6-7,13H2,1-3H3. The number of aromatic nitrogens is 2. The Kier molecular flexibility index (Phi) is 4.34. The van der Waals surface area contributed by atoms with Crippen molar-refractivity contribution in [3.8, 4) is 0 Å². The molecule has 6 heteroatoms. The fourth-order valence-corrected chi connectivity index (χ4v) is 2.62. The van der Waals surface area contributed by atoms with E-state index >= 15 is 0 Å². The Morgan fingerprint density at radius 2 is 2.00 bits per heavy atom. The van der Waals surface area contributed by atoms with Crippen molar-refractivity contribution in [3.05, 3.63) is 18.2 Å². The first-order chi connectivity index (χ1) is 8.71. The summed E-state index contributed by atoms with van der Waals surface area (Å²) < 4.78 is 12.9. The molecule has 1 fully saturated rings. The zero-order chi connectivity index (χ0) is 13.1. The normalized spacial score (nSPS) is 26.7. The number of likely N-dealkylation sites (tertiary alicyclic amines) is 1. The Morgan fingerprint density at radius 1 is 1.39 bits per heavy atom. The van der Waals surface area contributed by atoms with Crippen LogP contribution < -0.4 is 5.73 Å². The van der Waals surface area contributed by atoms with Crippen LogP contribution in [-0.4, -0.2) is 60.5 Å². The summed E-state index contributed by atoms with van der Waals surface area (Å²) in [6.45, 7) is 2.23. The van der Waals surface area contributed by atoms with Crippen molar-refractivity contribution in [2.75, 3.05) is 33.9 Å². The summed E-state index contributed by atoms with van der Waals surface area (Å²) in [7, 11) is 5.44. The first-order valence-electron chi connectivity index (χ1n) is 6.17. The number of nitrogens with two attached hydrogens (primary N) is 1. The van der Waals surface area contributed by atoms with Crippen molar-refractivity contribution in [2.45, 2.75) is 18.2 Å². The van der Waals surface area contributed by atoms with Gasteiger partial charge in [0.05, 0.1) is 30.3 Å². The molecular weight excluding hydrogens is 232 g/mol. The van der Waals surface area contributed by atoms with E-state index in [1.54, 1.807) is 20.5 Å². The molecule has 0 radical (unpaired) electrons. The molecule has 2 N–H and O–H groups in total. The Labute approximate surface area is 108 Å². The van der Waals surface area contributed by atoms with Crippen LogP contribution in [-0.2, 0) is 16.5 Å². The van der Waals surface area contributed by atoms with Crippen LogP contribution in [0, 0.1) is 0 Å². The number of hydrogen-bond acceptors (Lipinski definition) is 5. The van der Waals surface area contributed by atoms with Crippen molar-refractivity contribution >= 4 is 0 Å². The van der Waals surface area contributed by atoms with E-state index in [1.165, 1.54) is 0 Å². The van der Waals surface area contributed by atoms with Crippen molar-refractivity contribution in [1.82, 2.24) is 14.5 Å². The maximum absolute atomic E-state index is 5.92. The van der Waals surface area contributed by atoms with Crippen LogP contribution in [0.3, 0.4) is 0 Å². The quantitative estimate of drug-likeness (QED) is 0.786. The Balaban J connectivity index is 2.13. The smallest absolute Gasteiger partial charge is 0.0972 e. The lowest BCUT2D eigenvalue weighted by Gasteiger charge is -2.26. The van der Waals surface area contributed by atoms with E-state index < -0.39 is 0 Å². The minimum absolute atomic E-state index is 0.109. The SMILES string of the molecule is COC1CN(C(CN)c2cncn2C)CC1OC. The molecule has 1 saturated heterocycles. The van der Waals surface area contributed by atoms with Gasteiger partial charge in [0.15, 0.2) is 0 Å². The zero-order valence-electron chi connectivity index (χ0n) is 11.2. The molecule has 1 aliphatic rings. The highest BCUT2D eigenvalue weighted by molar-refractivity contribution is 5.08. The number of aryl methyl sites for hydroxylation is 1. The predicted octanol–water partition coefficient (Wildman–Crippen LogP) is -0.234. The summed E-state index contributed by atoms with van der Waals surface area (Å²) in [4.78, 5) is 6.46. The molecule has 102 valence electrons. The Bertz CT molecular complexity index is 370. The summed E-state index contributed by atoms with van der Waals surface area (Å²) in [6, 6.07) is 0.162. The molecule has 0 spiro atoms. The van der Waals surface area contributed by atoms with Gasteiger partial charge >= 0.3 is 0 Å². The van der Waals surface area contributed by atoms with Crippen LogP contribution >= 0.6 is 0 Å². The van der Waals surface area contributed by atoms with Gasteiger partial charge in [-0.1, -0.05) is 0 Å². The van der Waals surface area contributed by atoms with Crippen molar-refractivity contribution in [3.63, 3.8) is 0 Å². The van der Waals surface area contributed by atoms with Gasteiger partial charge in [-0.2, -0.15) is 0 Å². The van der Waals surface area contributed by atoms with E-state index in [4.69, 9.17) is 15.2 Å². The van der Waals surface area contributed by atoms with Crippen LogP contribution in [0.1, 0.15) is 11.7 Å². The molecule has 3 unspecified atom stereocenters. The van der Waals surface area contributed by atoms with E-state index in [9.17, 15) is 0 Å². The maximum Gasteiger partial charge on any atom is 0.0972 e. The summed E-state index contributed by atoms with van der Waals surface area (Å²) in [5.74, 6) is 0. The van der Waals surface area contributed by atoms with Gasteiger partial charge in [-0.15, -0.1) is 0 Å². The molecule has 0 amide bonds. The molecule has 3 atom stereocenters. The molecule has 1 aromatic rings. The molecule has 2 rings (SSSR count). The molecule has 0 aliphatic carbocycles. The molecule has 2 heterocycles. The second-order valence-corrected chi connectivity index (χ2v) is 4.68. The molecule has 0 bridgehead atoms. The van der Waals surface area contributed by atoms with Gasteiger partial charge in [0.1, 0.15) is 0 Å². The Hall–Kier alpha value is -0.950. The largest absolute Gasteiger partial charge is 0.377 e. The van der Waals surface area contributed by atoms with Gasteiger partial charge in [0.25, 0.3) is 0 Å². The molecular formula is C12H22N4O2. The monoisotopic (exact) mass is 254 g/mol. The van der Waals surface area contributed by atoms with Crippen LogP contribution in [0.2, 0.25) is 0 Å². The van der Waals surface area contributed by atoms with Gasteiger partial charge in [0, 0.05) is 47.1 Å². The third-order valence-corrected chi connectivity index (χ3v) is 3.71. The lowest BCUT2D eigenvalue weighted by molar-refractivity contribution is -0.00461. The zero-order valence-corrected chi connectivity index (χ0v) is 11.2. The van der Waals surface area contributed by atoms with E-state index in [-0.39, 0.29) is 18.2 Å². The molecule has 18 heavy (non-hydrogen) atoms. The molecule has 1 aliphatic heterocycles. The topological polar surface area (TPSA) is 65.5 Å². The molecule has 6 nitrogen and oxygen atoms in total. The van der Waals surface area contributed by atoms with E-state index in [2.05, 4.69) is 9.88 Å². The number of methoxy groups -OCH3 is 2. The highest BCUT2D eigenvalue weighted by atomic mass is 16.5. The average Bonchev–Trinajstić information content (AvgIpc) is 2.97. The number of imidazole rings is 1. The summed E-state index contributed by atoms with van der Waals surface area (Å²) in [5, 5.41) is 0. The first kappa shape index (κ1) is 13.5. The van der Waals surface area contributed by atoms with Gasteiger partial charge in [-0.25, -0.2) is 4.98 Å². The fraction of sp³-hybridized carbons (Fsp3) is 0.750. The summed E-state index contributed by atoms with van der Waals surface area (Å²) >= 11 is 0. The van der Waals surface area contributed by atoms with E-state index in [1.807, 2.05) is 17.8 Å². The van der Waals surface area contributed by atoms with Gasteiger partial charge in [0.2, 0.25) is 0 Å². The average molecular weight is 254 g/mol. The Morgan fingerprint density at radius 3 is 2.39 bits per heavy atom. The van der Waals surface area contributed by atoms with Crippen molar-refractivity contribution in [2.24, 2.45) is 12.8 Å². The highest BCUT2D eigenvalue weighted by Crippen LogP contribution is 2.26. The second kappa shape index (κ2) is 5.79. The van der Waals surface area contributed by atoms with Crippen molar-refractivity contribution in [1.29, 1.82) is 0 Å². The van der Waals surface area contributed by atoms with Crippen LogP contribution in [0.4, 0.5) is 0 Å². The fourth-order valence-electron chi connectivity index (χ4n) is 2.62. The molecule has 0 aromatic carbocycles. The van der Waals surface area contributed by atoms with Crippen molar-refractivity contribution < 1.29 is 9.47 Å². The minimum Gasteiger partial charge on any atom is -0.377 e. The number of rotatable bonds is 5. The van der Waals surface area contributed by atoms with E-state index in [0.717, 1.165) is 18.8 Å².